The van der Waals surface area contributed by atoms with Crippen LogP contribution in [0, 0.1) is 34.9 Å². The van der Waals surface area contributed by atoms with Gasteiger partial charge in [-0.3, -0.25) is 0 Å². The first-order valence-corrected chi connectivity index (χ1v) is 25.4. The SMILES string of the molecule is [CH2-]c1cc(-c2ccccc2)ccc1-c1cc(C(C)C)c([Si](C)(C)C)c[n+]1[CH2-].[CH2-]c1cc(C)c2c(oc3ccc(-c4ccccc4)cc32)c1-c1cc(C(C)c2ccccc2)cc[n+]1[CH2-].[Ir]. The first-order valence-electron chi connectivity index (χ1n) is 21.9. The van der Waals surface area contributed by atoms with Crippen LogP contribution in [0.3, 0.4) is 0 Å². The van der Waals surface area contributed by atoms with Crippen LogP contribution < -0.4 is 14.3 Å². The van der Waals surface area contributed by atoms with E-state index >= 15 is 0 Å². The third kappa shape index (κ3) is 9.21. The average Bonchev–Trinajstić information content (AvgIpc) is 3.66. The fourth-order valence-electron chi connectivity index (χ4n) is 8.87. The molecule has 3 heterocycles. The van der Waals surface area contributed by atoms with E-state index in [1.165, 1.54) is 44.1 Å². The molecule has 0 saturated carbocycles. The van der Waals surface area contributed by atoms with E-state index in [2.05, 4.69) is 221 Å². The molecule has 3 nitrogen and oxygen atoms in total. The van der Waals surface area contributed by atoms with E-state index in [9.17, 15) is 0 Å². The number of hydrogen-bond donors (Lipinski definition) is 0. The summed E-state index contributed by atoms with van der Waals surface area (Å²) in [6.07, 6.45) is 4.28. The van der Waals surface area contributed by atoms with Crippen molar-refractivity contribution in [3.8, 4) is 44.8 Å². The molecule has 0 bridgehead atoms. The van der Waals surface area contributed by atoms with Crippen LogP contribution in [-0.2, 0) is 20.1 Å². The molecule has 9 rings (SSSR count). The molecule has 1 atom stereocenters. The van der Waals surface area contributed by atoms with Crippen molar-refractivity contribution in [2.75, 3.05) is 0 Å². The fraction of sp³-hybridized carbons (Fsp3) is 0.153. The molecule has 1 radical (unpaired) electrons. The van der Waals surface area contributed by atoms with Gasteiger partial charge in [0.15, 0.2) is 0 Å². The number of pyridine rings is 2. The van der Waals surface area contributed by atoms with Gasteiger partial charge in [-0.1, -0.05) is 196 Å². The second kappa shape index (κ2) is 18.9. The largest absolute Gasteiger partial charge is 0.469 e. The van der Waals surface area contributed by atoms with Gasteiger partial charge < -0.3 is 13.6 Å². The van der Waals surface area contributed by atoms with E-state index in [1.54, 1.807) is 0 Å². The van der Waals surface area contributed by atoms with Crippen molar-refractivity contribution in [3.63, 3.8) is 0 Å². The van der Waals surface area contributed by atoms with Gasteiger partial charge in [-0.2, -0.15) is 37.1 Å². The number of aromatic nitrogens is 2. The van der Waals surface area contributed by atoms with Crippen LogP contribution >= 0.6 is 0 Å². The van der Waals surface area contributed by atoms with Crippen molar-refractivity contribution in [1.82, 2.24) is 0 Å². The van der Waals surface area contributed by atoms with Crippen LogP contribution in [0.2, 0.25) is 19.6 Å². The number of rotatable bonds is 8. The molecule has 1 unspecified atom stereocenters. The van der Waals surface area contributed by atoms with Crippen molar-refractivity contribution in [2.45, 2.75) is 59.2 Å². The van der Waals surface area contributed by atoms with Crippen molar-refractivity contribution in [1.29, 1.82) is 0 Å². The van der Waals surface area contributed by atoms with Crippen molar-refractivity contribution in [2.24, 2.45) is 0 Å². The summed E-state index contributed by atoms with van der Waals surface area (Å²) in [5.41, 5.74) is 17.9. The summed E-state index contributed by atoms with van der Waals surface area (Å²) in [6, 6.07) is 53.4. The summed E-state index contributed by atoms with van der Waals surface area (Å²) in [4.78, 5) is 0. The Balaban J connectivity index is 0.000000197. The average molecular weight is 1030 g/mol. The Hall–Kier alpha value is -6.23. The van der Waals surface area contributed by atoms with Gasteiger partial charge in [0.2, 0.25) is 0 Å². The third-order valence-electron chi connectivity index (χ3n) is 12.4. The smallest absolute Gasteiger partial charge is 0.133 e. The zero-order valence-electron chi connectivity index (χ0n) is 38.2. The Kier molecular flexibility index (Phi) is 13.5. The fourth-order valence-corrected chi connectivity index (χ4v) is 10.6. The quantitative estimate of drug-likeness (QED) is 0.0844. The molecule has 0 saturated heterocycles. The minimum atomic E-state index is -1.44. The maximum atomic E-state index is 6.55. The molecule has 5 heteroatoms. The van der Waals surface area contributed by atoms with E-state index in [1.807, 2.05) is 27.5 Å². The predicted molar refractivity (Wildman–Crippen MR) is 268 cm³/mol. The minimum Gasteiger partial charge on any atom is -0.469 e. The standard InChI is InChI=1S/C34H28NO.C25H30NSi.Ir/c1-22-19-23(2)33(30-21-27(17-18-35(30)4)24(3)25-11-7-5-8-12-25)34-32(22)29-20-28(15-16-31(29)36-34)26-13-9-6-10-14-26;1-18(2)23-16-24(26(4)17-25(23)27(5,6)7)22-14-13-21(15-19(22)3)20-11-9-8-10-12-20;/h5-21,24H,2,4H2,1,3H3;8-18H,3-4H2,1-2,5-7H3;/q2*-1;. The Morgan fingerprint density at radius 2 is 1.17 bits per heavy atom. The maximum absolute atomic E-state index is 6.55. The number of aryl methyl sites for hydroxylation is 1. The number of furan rings is 1. The molecule has 64 heavy (non-hydrogen) atoms. The molecule has 0 aliphatic carbocycles. The normalized spacial score (nSPS) is 11.9. The molecule has 3 aromatic heterocycles. The van der Waals surface area contributed by atoms with Gasteiger partial charge in [-0.25, -0.2) is 0 Å². The molecule has 0 fully saturated rings. The molecule has 6 aromatic carbocycles. The predicted octanol–water partition coefficient (Wildman–Crippen LogP) is 14.3. The summed E-state index contributed by atoms with van der Waals surface area (Å²) in [5, 5.41) is 3.74. The monoisotopic (exact) mass is 1030 g/mol. The van der Waals surface area contributed by atoms with Crippen molar-refractivity contribution < 1.29 is 33.7 Å². The zero-order valence-corrected chi connectivity index (χ0v) is 41.6. The van der Waals surface area contributed by atoms with Gasteiger partial charge in [-0.05, 0) is 45.5 Å². The Morgan fingerprint density at radius 1 is 0.578 bits per heavy atom. The Morgan fingerprint density at radius 3 is 1.77 bits per heavy atom. The zero-order chi connectivity index (χ0) is 44.6. The maximum Gasteiger partial charge on any atom is 0.133 e. The first-order chi connectivity index (χ1) is 30.2. The van der Waals surface area contributed by atoms with E-state index in [-0.39, 0.29) is 26.0 Å². The molecule has 0 N–H and O–H groups in total. The summed E-state index contributed by atoms with van der Waals surface area (Å²) < 4.78 is 10.5. The molecule has 0 aliphatic rings. The first kappa shape index (κ1) is 45.8. The molecule has 325 valence electrons. The molecule has 0 aliphatic heterocycles. The molecular weight excluding hydrogens is 973 g/mol. The molecule has 9 aromatic rings. The number of nitrogens with zero attached hydrogens (tertiary/aromatic N) is 2. The summed E-state index contributed by atoms with van der Waals surface area (Å²) in [5.74, 6) is 0.744. The van der Waals surface area contributed by atoms with E-state index < -0.39 is 8.07 Å². The molecule has 0 amide bonds. The van der Waals surface area contributed by atoms with Crippen molar-refractivity contribution >= 4 is 35.2 Å². The van der Waals surface area contributed by atoms with Gasteiger partial charge in [0.25, 0.3) is 0 Å². The van der Waals surface area contributed by atoms with Crippen molar-refractivity contribution in [3.05, 3.63) is 225 Å². The van der Waals surface area contributed by atoms with Crippen LogP contribution in [0.4, 0.5) is 0 Å². The topological polar surface area (TPSA) is 20.9 Å². The van der Waals surface area contributed by atoms with Gasteiger partial charge in [0.05, 0.1) is 37.4 Å². The van der Waals surface area contributed by atoms with Gasteiger partial charge in [0, 0.05) is 50.9 Å². The number of benzene rings is 6. The van der Waals surface area contributed by atoms with E-state index in [0.29, 0.717) is 5.92 Å². The third-order valence-corrected chi connectivity index (χ3v) is 14.4. The van der Waals surface area contributed by atoms with Crippen LogP contribution in [0.5, 0.6) is 0 Å². The second-order valence-electron chi connectivity index (χ2n) is 18.2. The molecule has 0 spiro atoms. The van der Waals surface area contributed by atoms with Gasteiger partial charge in [-0.15, -0.1) is 11.6 Å². The second-order valence-corrected chi connectivity index (χ2v) is 23.2. The number of hydrogen-bond acceptors (Lipinski definition) is 1. The van der Waals surface area contributed by atoms with Crippen LogP contribution in [0.25, 0.3) is 66.7 Å². The molecular formula is C59H58IrN2OSi-2. The van der Waals surface area contributed by atoms with Gasteiger partial charge >= 0.3 is 0 Å². The summed E-state index contributed by atoms with van der Waals surface area (Å²) >= 11 is 0. The van der Waals surface area contributed by atoms with Crippen LogP contribution in [-0.4, -0.2) is 8.07 Å². The number of fused-ring (bicyclic) bond motifs is 3. The van der Waals surface area contributed by atoms with Crippen LogP contribution in [0.15, 0.2) is 168 Å². The Labute approximate surface area is 395 Å². The summed E-state index contributed by atoms with van der Waals surface area (Å²) in [7, 11) is 7.16. The Bertz CT molecular complexity index is 3070. The van der Waals surface area contributed by atoms with Gasteiger partial charge in [0.1, 0.15) is 5.58 Å². The summed E-state index contributed by atoms with van der Waals surface area (Å²) in [6.45, 7) is 24.9. The van der Waals surface area contributed by atoms with Crippen LogP contribution in [0.1, 0.15) is 66.0 Å². The minimum absolute atomic E-state index is 0. The van der Waals surface area contributed by atoms with E-state index in [0.717, 1.165) is 61.1 Å². The van der Waals surface area contributed by atoms with E-state index in [4.69, 9.17) is 4.42 Å².